The van der Waals surface area contributed by atoms with Gasteiger partial charge in [0.2, 0.25) is 5.82 Å². The molecular formula is C15H9F3N2O3S. The largest absolute Gasteiger partial charge is 0.452 e. The van der Waals surface area contributed by atoms with E-state index in [0.717, 1.165) is 29.1 Å². The molecule has 0 aliphatic carbocycles. The molecule has 3 aromatic rings. The third-order valence-corrected chi connectivity index (χ3v) is 3.85. The highest BCUT2D eigenvalue weighted by Crippen LogP contribution is 2.29. The van der Waals surface area contributed by atoms with Crippen LogP contribution in [0.4, 0.5) is 13.2 Å². The number of rotatable bonds is 4. The zero-order chi connectivity index (χ0) is 17.2. The van der Waals surface area contributed by atoms with Crippen molar-refractivity contribution in [3.05, 3.63) is 58.8 Å². The van der Waals surface area contributed by atoms with Crippen LogP contribution in [-0.4, -0.2) is 16.1 Å². The van der Waals surface area contributed by atoms with E-state index in [1.54, 1.807) is 0 Å². The van der Waals surface area contributed by atoms with Crippen molar-refractivity contribution in [2.24, 2.45) is 0 Å². The molecule has 0 saturated heterocycles. The summed E-state index contributed by atoms with van der Waals surface area (Å²) in [5, 5.41) is 5.61. The minimum atomic E-state index is -4.45. The fourth-order valence-electron chi connectivity index (χ4n) is 1.83. The summed E-state index contributed by atoms with van der Waals surface area (Å²) in [4.78, 5) is 16.7. The van der Waals surface area contributed by atoms with Gasteiger partial charge in [0.15, 0.2) is 6.61 Å². The van der Waals surface area contributed by atoms with Crippen LogP contribution in [0.2, 0.25) is 0 Å². The molecule has 24 heavy (non-hydrogen) atoms. The highest BCUT2D eigenvalue weighted by molar-refractivity contribution is 7.13. The van der Waals surface area contributed by atoms with E-state index in [-0.39, 0.29) is 18.1 Å². The number of aromatic nitrogens is 2. The van der Waals surface area contributed by atoms with Gasteiger partial charge in [-0.3, -0.25) is 0 Å². The zero-order valence-corrected chi connectivity index (χ0v) is 12.7. The van der Waals surface area contributed by atoms with Crippen molar-refractivity contribution < 1.29 is 27.2 Å². The molecule has 2 aromatic heterocycles. The Kier molecular flexibility index (Phi) is 4.34. The maximum Gasteiger partial charge on any atom is 0.416 e. The SMILES string of the molecule is O=C(OCc1nc(-c2cccs2)no1)c1ccc(C(F)(F)F)cc1. The first-order valence-corrected chi connectivity index (χ1v) is 7.52. The Morgan fingerprint density at radius 2 is 1.96 bits per heavy atom. The van der Waals surface area contributed by atoms with Crippen LogP contribution in [0.25, 0.3) is 10.7 Å². The molecule has 0 aliphatic rings. The van der Waals surface area contributed by atoms with E-state index < -0.39 is 17.7 Å². The fraction of sp³-hybridized carbons (Fsp3) is 0.133. The molecule has 5 nitrogen and oxygen atoms in total. The van der Waals surface area contributed by atoms with Crippen molar-refractivity contribution in [1.82, 2.24) is 10.1 Å². The first kappa shape index (κ1) is 16.2. The number of benzene rings is 1. The predicted molar refractivity (Wildman–Crippen MR) is 78.2 cm³/mol. The third kappa shape index (κ3) is 3.62. The number of nitrogens with zero attached hydrogens (tertiary/aromatic N) is 2. The lowest BCUT2D eigenvalue weighted by Gasteiger charge is -2.07. The van der Waals surface area contributed by atoms with Gasteiger partial charge in [0.1, 0.15) is 0 Å². The van der Waals surface area contributed by atoms with Crippen LogP contribution in [-0.2, 0) is 17.5 Å². The number of hydrogen-bond acceptors (Lipinski definition) is 6. The molecule has 2 heterocycles. The zero-order valence-electron chi connectivity index (χ0n) is 11.9. The smallest absolute Gasteiger partial charge is 0.416 e. The monoisotopic (exact) mass is 354 g/mol. The number of alkyl halides is 3. The summed E-state index contributed by atoms with van der Waals surface area (Å²) in [5.74, 6) is -0.302. The molecular weight excluding hydrogens is 345 g/mol. The normalized spacial score (nSPS) is 11.5. The van der Waals surface area contributed by atoms with Crippen LogP contribution in [0.1, 0.15) is 21.8 Å². The molecule has 0 saturated carbocycles. The predicted octanol–water partition coefficient (Wildman–Crippen LogP) is 4.17. The highest BCUT2D eigenvalue weighted by Gasteiger charge is 2.30. The van der Waals surface area contributed by atoms with Crippen LogP contribution in [0.5, 0.6) is 0 Å². The Bertz CT molecular complexity index is 827. The lowest BCUT2D eigenvalue weighted by Crippen LogP contribution is -2.08. The molecule has 0 N–H and O–H groups in total. The van der Waals surface area contributed by atoms with E-state index in [2.05, 4.69) is 10.1 Å². The van der Waals surface area contributed by atoms with Crippen LogP contribution < -0.4 is 0 Å². The van der Waals surface area contributed by atoms with Crippen LogP contribution in [0.3, 0.4) is 0 Å². The maximum atomic E-state index is 12.5. The van der Waals surface area contributed by atoms with Crippen LogP contribution in [0.15, 0.2) is 46.3 Å². The van der Waals surface area contributed by atoms with Crippen molar-refractivity contribution >= 4 is 17.3 Å². The summed E-state index contributed by atoms with van der Waals surface area (Å²) in [6, 6.07) is 7.39. The molecule has 0 amide bonds. The van der Waals surface area contributed by atoms with Crippen molar-refractivity contribution in [2.45, 2.75) is 12.8 Å². The first-order valence-electron chi connectivity index (χ1n) is 6.64. The average molecular weight is 354 g/mol. The summed E-state index contributed by atoms with van der Waals surface area (Å²) in [5.41, 5.74) is -0.836. The molecule has 3 rings (SSSR count). The van der Waals surface area contributed by atoms with Gasteiger partial charge in [0, 0.05) is 0 Å². The molecule has 1 aromatic carbocycles. The minimum Gasteiger partial charge on any atom is -0.452 e. The van der Waals surface area contributed by atoms with Crippen molar-refractivity contribution in [3.63, 3.8) is 0 Å². The van der Waals surface area contributed by atoms with Gasteiger partial charge in [-0.05, 0) is 35.7 Å². The molecule has 0 bridgehead atoms. The number of halogens is 3. The van der Waals surface area contributed by atoms with Gasteiger partial charge >= 0.3 is 12.1 Å². The highest BCUT2D eigenvalue weighted by atomic mass is 32.1. The lowest BCUT2D eigenvalue weighted by molar-refractivity contribution is -0.137. The summed E-state index contributed by atoms with van der Waals surface area (Å²) in [6.45, 7) is -0.266. The van der Waals surface area contributed by atoms with E-state index in [1.165, 1.54) is 11.3 Å². The Morgan fingerprint density at radius 3 is 2.58 bits per heavy atom. The molecule has 0 spiro atoms. The van der Waals surface area contributed by atoms with Gasteiger partial charge in [-0.25, -0.2) is 4.79 Å². The second kappa shape index (κ2) is 6.44. The van der Waals surface area contributed by atoms with Gasteiger partial charge in [0.05, 0.1) is 16.0 Å². The fourth-order valence-corrected chi connectivity index (χ4v) is 2.47. The maximum absolute atomic E-state index is 12.5. The van der Waals surface area contributed by atoms with Gasteiger partial charge in [-0.15, -0.1) is 11.3 Å². The third-order valence-electron chi connectivity index (χ3n) is 2.98. The number of esters is 1. The van der Waals surface area contributed by atoms with Gasteiger partial charge < -0.3 is 9.26 Å². The average Bonchev–Trinajstić information content (AvgIpc) is 3.23. The molecule has 124 valence electrons. The lowest BCUT2D eigenvalue weighted by atomic mass is 10.1. The van der Waals surface area contributed by atoms with Gasteiger partial charge in [0.25, 0.3) is 5.89 Å². The quantitative estimate of drug-likeness (QED) is 0.658. The molecule has 0 atom stereocenters. The van der Waals surface area contributed by atoms with Crippen LogP contribution in [0, 0.1) is 0 Å². The Labute approximate surface area is 137 Å². The summed E-state index contributed by atoms with van der Waals surface area (Å²) in [6.07, 6.45) is -4.45. The number of ether oxygens (including phenoxy) is 1. The molecule has 0 radical (unpaired) electrons. The van der Waals surface area contributed by atoms with E-state index in [0.29, 0.717) is 5.82 Å². The molecule has 0 unspecified atom stereocenters. The van der Waals surface area contributed by atoms with E-state index in [4.69, 9.17) is 9.26 Å². The molecule has 0 fully saturated rings. The van der Waals surface area contributed by atoms with E-state index in [9.17, 15) is 18.0 Å². The second-order valence-corrected chi connectivity index (χ2v) is 5.59. The standard InChI is InChI=1S/C15H9F3N2O3S/c16-15(17,18)10-5-3-9(4-6-10)14(21)22-8-12-19-13(20-23-12)11-2-1-7-24-11/h1-7H,8H2. The number of carbonyl (C=O) groups excluding carboxylic acids is 1. The van der Waals surface area contributed by atoms with Crippen molar-refractivity contribution in [1.29, 1.82) is 0 Å². The van der Waals surface area contributed by atoms with Gasteiger partial charge in [-0.1, -0.05) is 11.2 Å². The first-order chi connectivity index (χ1) is 11.4. The Balaban J connectivity index is 1.61. The summed E-state index contributed by atoms with van der Waals surface area (Å²) >= 11 is 1.43. The summed E-state index contributed by atoms with van der Waals surface area (Å²) < 4.78 is 47.3. The van der Waals surface area contributed by atoms with Gasteiger partial charge in [-0.2, -0.15) is 18.2 Å². The van der Waals surface area contributed by atoms with Crippen molar-refractivity contribution in [2.75, 3.05) is 0 Å². The summed E-state index contributed by atoms with van der Waals surface area (Å²) in [7, 11) is 0. The Morgan fingerprint density at radius 1 is 1.21 bits per heavy atom. The minimum absolute atomic E-state index is 0.000922. The molecule has 9 heteroatoms. The Hall–Kier alpha value is -2.68. The molecule has 0 aliphatic heterocycles. The van der Waals surface area contributed by atoms with Crippen LogP contribution >= 0.6 is 11.3 Å². The van der Waals surface area contributed by atoms with E-state index >= 15 is 0 Å². The number of carbonyl (C=O) groups is 1. The second-order valence-electron chi connectivity index (χ2n) is 4.64. The number of hydrogen-bond donors (Lipinski definition) is 0. The number of thiophene rings is 1. The van der Waals surface area contributed by atoms with Crippen molar-refractivity contribution in [3.8, 4) is 10.7 Å². The topological polar surface area (TPSA) is 65.2 Å². The van der Waals surface area contributed by atoms with E-state index in [1.807, 2.05) is 17.5 Å².